The monoisotopic (exact) mass is 514 g/mol. The lowest BCUT2D eigenvalue weighted by molar-refractivity contribution is -0.124. The number of hydrogen-bond donors (Lipinski definition) is 3. The Bertz CT molecular complexity index is 1630. The summed E-state index contributed by atoms with van der Waals surface area (Å²) in [7, 11) is 3.90. The highest BCUT2D eigenvalue weighted by Crippen LogP contribution is 2.27. The molecule has 0 spiro atoms. The van der Waals surface area contributed by atoms with Crippen molar-refractivity contribution in [2.24, 2.45) is 0 Å². The largest absolute Gasteiger partial charge is 0.351 e. The molecule has 0 radical (unpaired) electrons. The first-order chi connectivity index (χ1) is 18.4. The van der Waals surface area contributed by atoms with Gasteiger partial charge in [-0.2, -0.15) is 19.6 Å². The Kier molecular flexibility index (Phi) is 5.83. The van der Waals surface area contributed by atoms with Crippen molar-refractivity contribution in [1.82, 2.24) is 44.7 Å². The summed E-state index contributed by atoms with van der Waals surface area (Å²) in [6.07, 6.45) is 6.93. The van der Waals surface area contributed by atoms with Gasteiger partial charge in [-0.25, -0.2) is 4.98 Å². The number of nitrogens with one attached hydrogen (secondary N) is 3. The van der Waals surface area contributed by atoms with Crippen molar-refractivity contribution in [2.75, 3.05) is 32.5 Å². The summed E-state index contributed by atoms with van der Waals surface area (Å²) < 4.78 is 3.34. The summed E-state index contributed by atoms with van der Waals surface area (Å²) in [4.78, 5) is 52.3. The van der Waals surface area contributed by atoms with Gasteiger partial charge in [0.15, 0.2) is 5.65 Å². The number of nitrogens with zero attached hydrogens (tertiary/aromatic N) is 7. The van der Waals surface area contributed by atoms with Gasteiger partial charge in [0.1, 0.15) is 6.33 Å². The minimum Gasteiger partial charge on any atom is -0.351 e. The number of benzene rings is 1. The normalized spacial score (nSPS) is 16.7. The van der Waals surface area contributed by atoms with E-state index in [4.69, 9.17) is 9.97 Å². The molecule has 1 aliphatic heterocycles. The van der Waals surface area contributed by atoms with Crippen molar-refractivity contribution < 1.29 is 14.4 Å². The average molecular weight is 515 g/mol. The fraction of sp³-hybridized carbons (Fsp3) is 0.320. The quantitative estimate of drug-likeness (QED) is 0.229. The molecule has 4 heterocycles. The zero-order chi connectivity index (χ0) is 26.4. The van der Waals surface area contributed by atoms with Crippen LogP contribution in [0.15, 0.2) is 36.3 Å². The van der Waals surface area contributed by atoms with Crippen molar-refractivity contribution in [1.29, 1.82) is 0 Å². The Morgan fingerprint density at radius 3 is 2.82 bits per heavy atom. The topological polar surface area (TPSA) is 151 Å². The van der Waals surface area contributed by atoms with Crippen LogP contribution in [0.25, 0.3) is 28.7 Å². The van der Waals surface area contributed by atoms with E-state index in [0.29, 0.717) is 52.3 Å². The minimum absolute atomic E-state index is 0.0124. The maximum absolute atomic E-state index is 12.6. The Morgan fingerprint density at radius 2 is 2.08 bits per heavy atom. The number of anilines is 1. The first-order valence-corrected chi connectivity index (χ1v) is 12.3. The van der Waals surface area contributed by atoms with Crippen molar-refractivity contribution in [2.45, 2.75) is 25.3 Å². The summed E-state index contributed by atoms with van der Waals surface area (Å²) in [6.45, 7) is 1.29. The molecule has 1 aliphatic carbocycles. The zero-order valence-corrected chi connectivity index (χ0v) is 20.9. The third kappa shape index (κ3) is 4.59. The molecule has 38 heavy (non-hydrogen) atoms. The number of rotatable bonds is 8. The first kappa shape index (κ1) is 23.7. The second-order valence-electron chi connectivity index (χ2n) is 9.70. The summed E-state index contributed by atoms with van der Waals surface area (Å²) in [5.41, 5.74) is 3.30. The van der Waals surface area contributed by atoms with Gasteiger partial charge < -0.3 is 15.5 Å². The van der Waals surface area contributed by atoms with Crippen molar-refractivity contribution in [3.63, 3.8) is 0 Å². The second kappa shape index (κ2) is 9.34. The van der Waals surface area contributed by atoms with E-state index < -0.39 is 5.91 Å². The molecule has 6 rings (SSSR count). The van der Waals surface area contributed by atoms with Gasteiger partial charge in [0, 0.05) is 35.8 Å². The lowest BCUT2D eigenvalue weighted by Crippen LogP contribution is -2.31. The predicted octanol–water partition coefficient (Wildman–Crippen LogP) is 0.759. The van der Waals surface area contributed by atoms with E-state index in [1.54, 1.807) is 39.8 Å². The highest BCUT2D eigenvalue weighted by molar-refractivity contribution is 6.15. The fourth-order valence-electron chi connectivity index (χ4n) is 4.21. The van der Waals surface area contributed by atoms with Crippen LogP contribution in [0.3, 0.4) is 0 Å². The third-order valence-electron chi connectivity index (χ3n) is 6.39. The molecule has 1 saturated heterocycles. The van der Waals surface area contributed by atoms with Gasteiger partial charge in [0.05, 0.1) is 23.7 Å². The van der Waals surface area contributed by atoms with E-state index in [-0.39, 0.29) is 18.2 Å². The van der Waals surface area contributed by atoms with Crippen LogP contribution in [0, 0.1) is 0 Å². The molecule has 1 aromatic carbocycles. The van der Waals surface area contributed by atoms with Crippen molar-refractivity contribution in [3.8, 4) is 5.95 Å². The van der Waals surface area contributed by atoms with Crippen molar-refractivity contribution >= 4 is 46.4 Å². The van der Waals surface area contributed by atoms with Gasteiger partial charge in [-0.1, -0.05) is 0 Å². The number of fused-ring (bicyclic) bond motifs is 2. The molecule has 3 amide bonds. The number of amides is 3. The van der Waals surface area contributed by atoms with Crippen LogP contribution < -0.4 is 16.0 Å². The van der Waals surface area contributed by atoms with E-state index in [9.17, 15) is 14.4 Å². The molecule has 1 saturated carbocycles. The molecular formula is C25H26N10O3. The fourth-order valence-corrected chi connectivity index (χ4v) is 4.21. The van der Waals surface area contributed by atoms with Gasteiger partial charge >= 0.3 is 0 Å². The Balaban J connectivity index is 1.38. The summed E-state index contributed by atoms with van der Waals surface area (Å²) in [6, 6.07) is 5.61. The maximum Gasteiger partial charge on any atom is 0.254 e. The van der Waals surface area contributed by atoms with Gasteiger partial charge in [0.2, 0.25) is 17.8 Å². The van der Waals surface area contributed by atoms with E-state index in [1.165, 1.54) is 0 Å². The lowest BCUT2D eigenvalue weighted by Gasteiger charge is -2.11. The molecule has 194 valence electrons. The van der Waals surface area contributed by atoms with Crippen LogP contribution >= 0.6 is 0 Å². The highest BCUT2D eigenvalue weighted by atomic mass is 16.2. The number of carbonyl (C=O) groups excluding carboxylic acids is 3. The molecule has 0 unspecified atom stereocenters. The maximum atomic E-state index is 12.6. The van der Waals surface area contributed by atoms with Crippen LogP contribution in [0.5, 0.6) is 0 Å². The van der Waals surface area contributed by atoms with Gasteiger partial charge in [-0.15, -0.1) is 0 Å². The van der Waals surface area contributed by atoms with Crippen molar-refractivity contribution in [3.05, 3.63) is 47.4 Å². The highest BCUT2D eigenvalue weighted by Gasteiger charge is 2.26. The molecule has 2 fully saturated rings. The number of hydrogen-bond acceptors (Lipinski definition) is 9. The molecule has 0 bridgehead atoms. The number of aromatic nitrogens is 6. The van der Waals surface area contributed by atoms with Gasteiger partial charge in [0.25, 0.3) is 11.8 Å². The molecule has 0 atom stereocenters. The van der Waals surface area contributed by atoms with Crippen LogP contribution in [0.4, 0.5) is 5.95 Å². The van der Waals surface area contributed by atoms with Gasteiger partial charge in [-0.05, 0) is 51.2 Å². The molecular weight excluding hydrogens is 488 g/mol. The van der Waals surface area contributed by atoms with Crippen LogP contribution in [-0.2, 0) is 9.59 Å². The van der Waals surface area contributed by atoms with Gasteiger partial charge in [-0.3, -0.25) is 24.3 Å². The third-order valence-corrected chi connectivity index (χ3v) is 6.39. The van der Waals surface area contributed by atoms with Crippen LogP contribution in [0.1, 0.15) is 35.2 Å². The SMILES string of the molecule is CN(C)CCNC(=O)c1ccc2c(c1)ncn2-c1nc(NC2CC2)n2ncc(/C=C3\CC(=O)NC3=O)c2n1. The summed E-state index contributed by atoms with van der Waals surface area (Å²) >= 11 is 0. The zero-order valence-electron chi connectivity index (χ0n) is 20.9. The van der Waals surface area contributed by atoms with E-state index in [1.807, 2.05) is 25.1 Å². The van der Waals surface area contributed by atoms with Crippen LogP contribution in [0.2, 0.25) is 0 Å². The van der Waals surface area contributed by atoms with Crippen LogP contribution in [-0.4, -0.2) is 85.0 Å². The number of likely N-dealkylation sites (N-methyl/N-ethyl adjacent to an activating group) is 1. The minimum atomic E-state index is -0.415. The Hall–Kier alpha value is -4.65. The Labute approximate surface area is 216 Å². The smallest absolute Gasteiger partial charge is 0.254 e. The molecule has 13 nitrogen and oxygen atoms in total. The second-order valence-corrected chi connectivity index (χ2v) is 9.70. The summed E-state index contributed by atoms with van der Waals surface area (Å²) in [5, 5.41) is 13.0. The van der Waals surface area contributed by atoms with E-state index in [0.717, 1.165) is 24.9 Å². The summed E-state index contributed by atoms with van der Waals surface area (Å²) in [5.74, 6) is -0.0357. The lowest BCUT2D eigenvalue weighted by atomic mass is 10.1. The molecule has 3 N–H and O–H groups in total. The number of imidazole rings is 1. The van der Waals surface area contributed by atoms with E-state index >= 15 is 0 Å². The first-order valence-electron chi connectivity index (χ1n) is 12.3. The predicted molar refractivity (Wildman–Crippen MR) is 139 cm³/mol. The Morgan fingerprint density at radius 1 is 1.24 bits per heavy atom. The average Bonchev–Trinajstić information content (AvgIpc) is 3.30. The number of carbonyl (C=O) groups is 3. The molecule has 2 aliphatic rings. The molecule has 13 heteroatoms. The van der Waals surface area contributed by atoms with E-state index in [2.05, 4.69) is 26.0 Å². The number of imide groups is 1. The standard InChI is InChI=1S/C25H26N10O3/c1-33(2)8-7-26-22(37)14-3-6-19-18(10-14)27-13-34(19)24-31-21-16(9-15-11-20(36)30-23(15)38)12-28-35(21)25(32-24)29-17-4-5-17/h3,6,9-10,12-13,17H,4-5,7-8,11H2,1-2H3,(H,26,37)(H,29,31,32)(H,30,36,38)/b15-9+. The molecule has 3 aromatic heterocycles. The molecule has 4 aromatic rings.